The van der Waals surface area contributed by atoms with Gasteiger partial charge in [0.1, 0.15) is 5.69 Å². The van der Waals surface area contributed by atoms with E-state index in [2.05, 4.69) is 27.4 Å². The van der Waals surface area contributed by atoms with E-state index in [1.165, 1.54) is 11.8 Å². The molecule has 2 N–H and O–H groups in total. The monoisotopic (exact) mass is 325 g/mol. The molecule has 0 radical (unpaired) electrons. The quantitative estimate of drug-likeness (QED) is 0.881. The number of carbonyl (C=O) groups excluding carboxylic acids is 1. The van der Waals surface area contributed by atoms with Crippen molar-refractivity contribution in [2.45, 2.75) is 37.6 Å². The van der Waals surface area contributed by atoms with Crippen LogP contribution in [-0.4, -0.2) is 32.5 Å². The Hall–Kier alpha value is -2.76. The highest BCUT2D eigenvalue weighted by Gasteiger charge is 2.35. The third-order valence-corrected chi connectivity index (χ3v) is 4.43. The van der Waals surface area contributed by atoms with Gasteiger partial charge in [-0.25, -0.2) is 14.8 Å². The third kappa shape index (κ3) is 3.59. The van der Waals surface area contributed by atoms with E-state index in [9.17, 15) is 9.59 Å². The molecule has 6 nitrogen and oxygen atoms in total. The van der Waals surface area contributed by atoms with E-state index in [4.69, 9.17) is 5.11 Å². The summed E-state index contributed by atoms with van der Waals surface area (Å²) >= 11 is 0. The van der Waals surface area contributed by atoms with E-state index in [-0.39, 0.29) is 22.8 Å². The van der Waals surface area contributed by atoms with E-state index in [1.54, 1.807) is 0 Å². The van der Waals surface area contributed by atoms with Crippen LogP contribution >= 0.6 is 0 Å². The second-order valence-corrected chi connectivity index (χ2v) is 6.20. The van der Waals surface area contributed by atoms with Crippen LogP contribution in [0.1, 0.15) is 52.2 Å². The van der Waals surface area contributed by atoms with Crippen LogP contribution in [0.3, 0.4) is 0 Å². The molecule has 1 aromatic carbocycles. The summed E-state index contributed by atoms with van der Waals surface area (Å²) in [6.07, 6.45) is 7.11. The molecule has 6 heteroatoms. The lowest BCUT2D eigenvalue weighted by atomic mass is 9.89. The number of carbonyl (C=O) groups is 2. The normalized spacial score (nSPS) is 15.8. The van der Waals surface area contributed by atoms with Crippen molar-refractivity contribution in [3.63, 3.8) is 0 Å². The largest absolute Gasteiger partial charge is 0.476 e. The lowest BCUT2D eigenvalue weighted by Gasteiger charge is -2.30. The van der Waals surface area contributed by atoms with Crippen molar-refractivity contribution in [1.82, 2.24) is 15.3 Å². The molecule has 0 saturated heterocycles. The Labute approximate surface area is 140 Å². The number of amides is 1. The third-order valence-electron chi connectivity index (χ3n) is 4.43. The molecule has 0 unspecified atom stereocenters. The fraction of sp³-hybridized carbons (Fsp3) is 0.333. The number of carboxylic acids is 1. The summed E-state index contributed by atoms with van der Waals surface area (Å²) in [5.74, 6) is -1.47. The predicted molar refractivity (Wildman–Crippen MR) is 87.8 cm³/mol. The number of aromatic carboxylic acids is 1. The highest BCUT2D eigenvalue weighted by Crippen LogP contribution is 2.33. The predicted octanol–water partition coefficient (Wildman–Crippen LogP) is 2.46. The number of nitrogens with one attached hydrogen (secondary N) is 1. The molecular formula is C18H19N3O3. The van der Waals surface area contributed by atoms with E-state index in [1.807, 2.05) is 18.2 Å². The first-order valence-corrected chi connectivity index (χ1v) is 8.00. The highest BCUT2D eigenvalue weighted by atomic mass is 16.4. The van der Waals surface area contributed by atoms with Gasteiger partial charge >= 0.3 is 5.97 Å². The maximum atomic E-state index is 12.5. The molecule has 0 bridgehead atoms. The SMILES string of the molecule is O=C(O)c1cnc(C(=O)NC2(Cc3ccccc3)CCCC2)cn1. The molecule has 0 atom stereocenters. The van der Waals surface area contributed by atoms with Crippen molar-refractivity contribution in [1.29, 1.82) is 0 Å². The van der Waals surface area contributed by atoms with E-state index < -0.39 is 5.97 Å². The van der Waals surface area contributed by atoms with Crippen molar-refractivity contribution in [2.75, 3.05) is 0 Å². The maximum absolute atomic E-state index is 12.5. The standard InChI is InChI=1S/C18H19N3O3/c22-16(14-11-20-15(12-19-14)17(23)24)21-18(8-4-5-9-18)10-13-6-2-1-3-7-13/h1-3,6-7,11-12H,4-5,8-10H2,(H,21,22)(H,23,24). The van der Waals surface area contributed by atoms with Crippen molar-refractivity contribution in [3.05, 3.63) is 59.7 Å². The Bertz CT molecular complexity index is 723. The first-order chi connectivity index (χ1) is 11.6. The van der Waals surface area contributed by atoms with Gasteiger partial charge < -0.3 is 10.4 Å². The summed E-state index contributed by atoms with van der Waals surface area (Å²) in [4.78, 5) is 31.0. The summed E-state index contributed by atoms with van der Waals surface area (Å²) in [7, 11) is 0. The van der Waals surface area contributed by atoms with Crippen LogP contribution in [0.4, 0.5) is 0 Å². The fourth-order valence-electron chi connectivity index (χ4n) is 3.24. The molecular weight excluding hydrogens is 306 g/mol. The van der Waals surface area contributed by atoms with E-state index >= 15 is 0 Å². The molecule has 1 aliphatic carbocycles. The number of aromatic nitrogens is 2. The summed E-state index contributed by atoms with van der Waals surface area (Å²) in [6, 6.07) is 10.1. The summed E-state index contributed by atoms with van der Waals surface area (Å²) < 4.78 is 0. The molecule has 0 spiro atoms. The average Bonchev–Trinajstić information content (AvgIpc) is 3.03. The lowest BCUT2D eigenvalue weighted by molar-refractivity contribution is 0.0688. The van der Waals surface area contributed by atoms with Crippen molar-refractivity contribution in [2.24, 2.45) is 0 Å². The smallest absolute Gasteiger partial charge is 0.356 e. The number of rotatable bonds is 5. The molecule has 1 saturated carbocycles. The molecule has 1 heterocycles. The minimum atomic E-state index is -1.16. The topological polar surface area (TPSA) is 92.2 Å². The lowest BCUT2D eigenvalue weighted by Crippen LogP contribution is -2.48. The molecule has 0 aliphatic heterocycles. The van der Waals surface area contributed by atoms with E-state index in [0.29, 0.717) is 0 Å². The highest BCUT2D eigenvalue weighted by molar-refractivity contribution is 5.93. The minimum absolute atomic E-state index is 0.138. The molecule has 1 fully saturated rings. The van der Waals surface area contributed by atoms with Crippen LogP contribution in [0.15, 0.2) is 42.7 Å². The van der Waals surface area contributed by atoms with Crippen molar-refractivity contribution >= 4 is 11.9 Å². The second kappa shape index (κ2) is 6.78. The molecule has 124 valence electrons. The summed E-state index contributed by atoms with van der Waals surface area (Å²) in [5.41, 5.74) is 0.878. The number of hydrogen-bond donors (Lipinski definition) is 2. The minimum Gasteiger partial charge on any atom is -0.476 e. The molecule has 2 aromatic rings. The van der Waals surface area contributed by atoms with Gasteiger partial charge in [-0.2, -0.15) is 0 Å². The van der Waals surface area contributed by atoms with Crippen molar-refractivity contribution in [3.8, 4) is 0 Å². The summed E-state index contributed by atoms with van der Waals surface area (Å²) in [5, 5.41) is 12.0. The Morgan fingerprint density at radius 1 is 1.04 bits per heavy atom. The van der Waals surface area contributed by atoms with Crippen LogP contribution in [-0.2, 0) is 6.42 Å². The Kier molecular flexibility index (Phi) is 4.55. The van der Waals surface area contributed by atoms with Gasteiger partial charge in [0.2, 0.25) is 0 Å². The Balaban J connectivity index is 1.75. The average molecular weight is 325 g/mol. The van der Waals surface area contributed by atoms with Gasteiger partial charge in [-0.3, -0.25) is 4.79 Å². The number of nitrogens with zero attached hydrogens (tertiary/aromatic N) is 2. The zero-order valence-corrected chi connectivity index (χ0v) is 13.2. The Morgan fingerprint density at radius 2 is 1.67 bits per heavy atom. The zero-order valence-electron chi connectivity index (χ0n) is 13.2. The van der Waals surface area contributed by atoms with Crippen molar-refractivity contribution < 1.29 is 14.7 Å². The summed E-state index contributed by atoms with van der Waals surface area (Å²) in [6.45, 7) is 0. The number of carboxylic acid groups (broad SMARTS) is 1. The fourth-order valence-corrected chi connectivity index (χ4v) is 3.24. The molecule has 3 rings (SSSR count). The van der Waals surface area contributed by atoms with Crippen LogP contribution < -0.4 is 5.32 Å². The van der Waals surface area contributed by atoms with Gasteiger partial charge in [0, 0.05) is 5.54 Å². The number of benzene rings is 1. The van der Waals surface area contributed by atoms with Gasteiger partial charge in [-0.1, -0.05) is 43.2 Å². The van der Waals surface area contributed by atoms with Gasteiger partial charge in [0.15, 0.2) is 5.69 Å². The maximum Gasteiger partial charge on any atom is 0.356 e. The first kappa shape index (κ1) is 16.1. The molecule has 1 amide bonds. The van der Waals surface area contributed by atoms with Gasteiger partial charge in [0.25, 0.3) is 5.91 Å². The molecule has 1 aromatic heterocycles. The second-order valence-electron chi connectivity index (χ2n) is 6.20. The zero-order chi connectivity index (χ0) is 17.0. The van der Waals surface area contributed by atoms with E-state index in [0.717, 1.165) is 38.3 Å². The molecule has 1 aliphatic rings. The van der Waals surface area contributed by atoms with Crippen LogP contribution in [0.2, 0.25) is 0 Å². The van der Waals surface area contributed by atoms with Gasteiger partial charge in [-0.05, 0) is 24.8 Å². The van der Waals surface area contributed by atoms with Gasteiger partial charge in [0.05, 0.1) is 12.4 Å². The Morgan fingerprint density at radius 3 is 2.25 bits per heavy atom. The van der Waals surface area contributed by atoms with Gasteiger partial charge in [-0.15, -0.1) is 0 Å². The van der Waals surface area contributed by atoms with Crippen LogP contribution in [0.5, 0.6) is 0 Å². The molecule has 24 heavy (non-hydrogen) atoms. The van der Waals surface area contributed by atoms with Crippen LogP contribution in [0.25, 0.3) is 0 Å². The van der Waals surface area contributed by atoms with Crippen LogP contribution in [0, 0.1) is 0 Å². The number of hydrogen-bond acceptors (Lipinski definition) is 4. The first-order valence-electron chi connectivity index (χ1n) is 8.00.